The van der Waals surface area contributed by atoms with E-state index in [1.54, 1.807) is 6.07 Å². The van der Waals surface area contributed by atoms with Crippen molar-refractivity contribution in [2.75, 3.05) is 0 Å². The van der Waals surface area contributed by atoms with Crippen molar-refractivity contribution in [2.45, 2.75) is 59.5 Å². The van der Waals surface area contributed by atoms with Crippen molar-refractivity contribution in [3.05, 3.63) is 111 Å². The van der Waals surface area contributed by atoms with Gasteiger partial charge >= 0.3 is 12.1 Å². The van der Waals surface area contributed by atoms with Gasteiger partial charge in [-0.1, -0.05) is 54.6 Å². The number of hydrogen-bond donors (Lipinski definition) is 1. The Bertz CT molecular complexity index is 1700. The third-order valence-corrected chi connectivity index (χ3v) is 10.2. The maximum atomic E-state index is 13.6. The number of benzene rings is 3. The number of aromatic nitrogens is 1. The zero-order valence-electron chi connectivity index (χ0n) is 20.7. The van der Waals surface area contributed by atoms with E-state index >= 15 is 0 Å². The Morgan fingerprint density at radius 2 is 1.72 bits per heavy atom. The van der Waals surface area contributed by atoms with Crippen LogP contribution in [0.25, 0.3) is 10.8 Å². The highest BCUT2D eigenvalue weighted by molar-refractivity contribution is 8.00. The highest BCUT2D eigenvalue weighted by Crippen LogP contribution is 2.64. The maximum absolute atomic E-state index is 13.6. The van der Waals surface area contributed by atoms with Crippen LogP contribution >= 0.6 is 11.8 Å². The van der Waals surface area contributed by atoms with Crippen LogP contribution in [0.1, 0.15) is 58.9 Å². The van der Waals surface area contributed by atoms with Gasteiger partial charge < -0.3 is 5.11 Å². The van der Waals surface area contributed by atoms with Crippen LogP contribution in [0.2, 0.25) is 0 Å². The Hall–Kier alpha value is -3.52. The molecule has 8 heteroatoms. The van der Waals surface area contributed by atoms with E-state index in [-0.39, 0.29) is 23.8 Å². The van der Waals surface area contributed by atoms with E-state index < -0.39 is 28.5 Å². The molecule has 2 fully saturated rings. The molecular weight excluding hydrogens is 523 g/mol. The first-order valence-electron chi connectivity index (χ1n) is 13.0. The first-order valence-corrected chi connectivity index (χ1v) is 13.9. The number of pyridine rings is 1. The summed E-state index contributed by atoms with van der Waals surface area (Å²) in [5.74, 6) is -1.05. The monoisotopic (exact) mass is 547 g/mol. The van der Waals surface area contributed by atoms with Gasteiger partial charge in [0.15, 0.2) is 5.54 Å². The second-order valence-corrected chi connectivity index (χ2v) is 12.0. The largest absolute Gasteiger partial charge is 0.479 e. The second kappa shape index (κ2) is 8.49. The van der Waals surface area contributed by atoms with E-state index in [9.17, 15) is 27.9 Å². The van der Waals surface area contributed by atoms with Crippen molar-refractivity contribution in [3.63, 3.8) is 0 Å². The van der Waals surface area contributed by atoms with Crippen molar-refractivity contribution in [2.24, 2.45) is 0 Å². The van der Waals surface area contributed by atoms with Crippen LogP contribution in [0.3, 0.4) is 0 Å². The molecule has 198 valence electrons. The standard InChI is InChI=1S/C31H24F3NO3S/c32-31(33,34)22-12-10-18(11-13-22)24-16-30(29(37)38)27(24)39-28-26(19-8-9-19)21(15-25(36)35(28)30)14-20-6-3-5-17-4-1-2-7-23(17)20/h1-7,10-13,15,19,24,27H,8-9,14,16H2,(H,37,38)/t24-,27?,30?/m0/s1. The summed E-state index contributed by atoms with van der Waals surface area (Å²) < 4.78 is 40.8. The number of thioether (sulfide) groups is 1. The number of halogens is 3. The molecule has 0 bridgehead atoms. The third-order valence-electron chi connectivity index (χ3n) is 8.59. The number of hydrogen-bond acceptors (Lipinski definition) is 3. The summed E-state index contributed by atoms with van der Waals surface area (Å²) in [4.78, 5) is 26.4. The predicted molar refractivity (Wildman–Crippen MR) is 143 cm³/mol. The first kappa shape index (κ1) is 24.5. The summed E-state index contributed by atoms with van der Waals surface area (Å²) in [5, 5.41) is 12.9. The van der Waals surface area contributed by atoms with Crippen LogP contribution in [0.15, 0.2) is 82.6 Å². The summed E-state index contributed by atoms with van der Waals surface area (Å²) in [7, 11) is 0. The van der Waals surface area contributed by atoms with Crippen LogP contribution in [0.5, 0.6) is 0 Å². The third kappa shape index (κ3) is 3.68. The van der Waals surface area contributed by atoms with Gasteiger partial charge in [-0.05, 0) is 76.8 Å². The molecule has 0 radical (unpaired) electrons. The lowest BCUT2D eigenvalue weighted by atomic mass is 9.64. The molecule has 3 aromatic carbocycles. The molecule has 4 nitrogen and oxygen atoms in total. The molecule has 2 heterocycles. The Morgan fingerprint density at radius 3 is 2.41 bits per heavy atom. The number of rotatable bonds is 5. The number of carbonyl (C=O) groups is 1. The van der Waals surface area contributed by atoms with E-state index in [1.165, 1.54) is 28.5 Å². The average Bonchev–Trinajstić information content (AvgIpc) is 3.69. The lowest BCUT2D eigenvalue weighted by Crippen LogP contribution is -2.61. The van der Waals surface area contributed by atoms with Gasteiger partial charge in [-0.15, -0.1) is 11.8 Å². The van der Waals surface area contributed by atoms with E-state index in [4.69, 9.17) is 0 Å². The Labute approximate surface area is 226 Å². The van der Waals surface area contributed by atoms with E-state index in [1.807, 2.05) is 18.2 Å². The normalized spacial score (nSPS) is 23.8. The van der Waals surface area contributed by atoms with Crippen LogP contribution < -0.4 is 5.56 Å². The zero-order chi connectivity index (χ0) is 27.1. The number of alkyl halides is 3. The van der Waals surface area contributed by atoms with Crippen molar-refractivity contribution in [1.82, 2.24) is 4.57 Å². The molecule has 3 aliphatic rings. The minimum Gasteiger partial charge on any atom is -0.479 e. The molecule has 0 saturated heterocycles. The fraction of sp³-hybridized carbons (Fsp3) is 0.290. The molecule has 3 atom stereocenters. The molecule has 39 heavy (non-hydrogen) atoms. The number of aliphatic carboxylic acids is 1. The first-order chi connectivity index (χ1) is 18.7. The predicted octanol–water partition coefficient (Wildman–Crippen LogP) is 6.93. The molecule has 0 spiro atoms. The van der Waals surface area contributed by atoms with Gasteiger partial charge in [0.05, 0.1) is 15.8 Å². The second-order valence-electron chi connectivity index (χ2n) is 10.8. The van der Waals surface area contributed by atoms with Crippen molar-refractivity contribution < 1.29 is 23.1 Å². The smallest absolute Gasteiger partial charge is 0.416 e. The summed E-state index contributed by atoms with van der Waals surface area (Å²) in [6, 6.07) is 20.9. The quantitative estimate of drug-likeness (QED) is 0.294. The topological polar surface area (TPSA) is 59.3 Å². The summed E-state index contributed by atoms with van der Waals surface area (Å²) >= 11 is 1.42. The summed E-state index contributed by atoms with van der Waals surface area (Å²) in [6.07, 6.45) is -1.72. The van der Waals surface area contributed by atoms with Crippen LogP contribution in [-0.4, -0.2) is 20.9 Å². The minimum atomic E-state index is -4.44. The van der Waals surface area contributed by atoms with E-state index in [2.05, 4.69) is 24.3 Å². The average molecular weight is 548 g/mol. The molecule has 2 unspecified atom stereocenters. The van der Waals surface area contributed by atoms with Gasteiger partial charge in [-0.25, -0.2) is 4.79 Å². The molecule has 2 aliphatic carbocycles. The van der Waals surface area contributed by atoms with E-state index in [0.717, 1.165) is 57.5 Å². The van der Waals surface area contributed by atoms with E-state index in [0.29, 0.717) is 12.0 Å². The number of fused-ring (bicyclic) bond motifs is 4. The summed E-state index contributed by atoms with van der Waals surface area (Å²) in [6.45, 7) is 0. The molecule has 2 saturated carbocycles. The van der Waals surface area contributed by atoms with Crippen LogP contribution in [0.4, 0.5) is 13.2 Å². The molecule has 0 amide bonds. The zero-order valence-corrected chi connectivity index (χ0v) is 21.6. The highest BCUT2D eigenvalue weighted by Gasteiger charge is 2.66. The molecule has 1 N–H and O–H groups in total. The fourth-order valence-electron chi connectivity index (χ4n) is 6.52. The SMILES string of the molecule is O=C(O)C12C[C@@H](c3ccc(C(F)(F)F)cc3)C1Sc1c(C3CC3)c(Cc3cccc4ccccc34)cc(=O)n12. The van der Waals surface area contributed by atoms with Gasteiger partial charge in [0.1, 0.15) is 0 Å². The molecule has 1 aromatic heterocycles. The fourth-order valence-corrected chi connectivity index (χ4v) is 8.45. The maximum Gasteiger partial charge on any atom is 0.416 e. The van der Waals surface area contributed by atoms with Crippen LogP contribution in [-0.2, 0) is 22.9 Å². The molecule has 1 aliphatic heterocycles. The number of carboxylic acid groups (broad SMARTS) is 1. The van der Waals surface area contributed by atoms with Crippen molar-refractivity contribution >= 4 is 28.5 Å². The van der Waals surface area contributed by atoms with Crippen molar-refractivity contribution in [1.29, 1.82) is 0 Å². The highest BCUT2D eigenvalue weighted by atomic mass is 32.2. The van der Waals surface area contributed by atoms with Gasteiger partial charge in [0.2, 0.25) is 0 Å². The minimum absolute atomic E-state index is 0.172. The van der Waals surface area contributed by atoms with Gasteiger partial charge in [-0.3, -0.25) is 9.36 Å². The van der Waals surface area contributed by atoms with Gasteiger partial charge in [0.25, 0.3) is 5.56 Å². The Kier molecular flexibility index (Phi) is 5.34. The number of carboxylic acids is 1. The lowest BCUT2D eigenvalue weighted by Gasteiger charge is -2.48. The summed E-state index contributed by atoms with van der Waals surface area (Å²) in [5.41, 5.74) is 1.32. The van der Waals surface area contributed by atoms with Crippen LogP contribution in [0, 0.1) is 0 Å². The molecule has 4 aromatic rings. The van der Waals surface area contributed by atoms with Crippen molar-refractivity contribution in [3.8, 4) is 0 Å². The Balaban J connectivity index is 1.31. The van der Waals surface area contributed by atoms with Gasteiger partial charge in [0, 0.05) is 12.0 Å². The number of nitrogens with zero attached hydrogens (tertiary/aromatic N) is 1. The molecular formula is C31H24F3NO3S. The van der Waals surface area contributed by atoms with Gasteiger partial charge in [-0.2, -0.15) is 13.2 Å². The molecule has 7 rings (SSSR count). The Morgan fingerprint density at radius 1 is 1.00 bits per heavy atom. The lowest BCUT2D eigenvalue weighted by molar-refractivity contribution is -0.153.